The molecule has 0 spiro atoms. The van der Waals surface area contributed by atoms with Gasteiger partial charge in [-0.1, -0.05) is 28.9 Å². The number of ketones is 1. The highest BCUT2D eigenvalue weighted by atomic mass is 79.9. The second kappa shape index (κ2) is 6.35. The molecule has 0 saturated carbocycles. The van der Waals surface area contributed by atoms with Gasteiger partial charge in [0.2, 0.25) is 5.78 Å². The Kier molecular flexibility index (Phi) is 4.20. The number of carbonyl (C=O) groups is 1. The van der Waals surface area contributed by atoms with Gasteiger partial charge in [0.25, 0.3) is 0 Å². The number of thiophene rings is 1. The number of carbonyl (C=O) groups excluding carboxylic acids is 1. The molecule has 4 rings (SSSR count). The highest BCUT2D eigenvalue weighted by Crippen LogP contribution is 2.39. The zero-order valence-electron chi connectivity index (χ0n) is 12.8. The van der Waals surface area contributed by atoms with Gasteiger partial charge in [0, 0.05) is 16.2 Å². The summed E-state index contributed by atoms with van der Waals surface area (Å²) in [6, 6.07) is 13.4. The van der Waals surface area contributed by atoms with Crippen molar-refractivity contribution < 1.29 is 4.79 Å². The maximum Gasteiger partial charge on any atom is 0.205 e. The van der Waals surface area contributed by atoms with E-state index in [-0.39, 0.29) is 5.78 Å². The fourth-order valence-electron chi connectivity index (χ4n) is 2.65. The SMILES string of the molecule is CCSc1sc(C(=O)c2ccc(Br)cc2)c2nc3ccccn3c12. The Morgan fingerprint density at radius 1 is 1.25 bits per heavy atom. The van der Waals surface area contributed by atoms with E-state index in [0.717, 1.165) is 31.1 Å². The van der Waals surface area contributed by atoms with Crippen LogP contribution in [-0.4, -0.2) is 20.9 Å². The lowest BCUT2D eigenvalue weighted by Gasteiger charge is -1.99. The molecule has 3 heterocycles. The fourth-order valence-corrected chi connectivity index (χ4v) is 5.28. The maximum absolute atomic E-state index is 13.0. The first kappa shape index (κ1) is 15.9. The molecule has 4 aromatic rings. The fraction of sp³-hybridized carbons (Fsp3) is 0.111. The number of fused-ring (bicyclic) bond motifs is 3. The first-order valence-electron chi connectivity index (χ1n) is 7.51. The quantitative estimate of drug-likeness (QED) is 0.318. The predicted octanol–water partition coefficient (Wildman–Crippen LogP) is 5.65. The van der Waals surface area contributed by atoms with E-state index in [2.05, 4.69) is 27.3 Å². The molecule has 0 saturated heterocycles. The molecule has 0 bridgehead atoms. The van der Waals surface area contributed by atoms with E-state index >= 15 is 0 Å². The van der Waals surface area contributed by atoms with Gasteiger partial charge in [-0.25, -0.2) is 4.98 Å². The van der Waals surface area contributed by atoms with Crippen LogP contribution < -0.4 is 0 Å². The maximum atomic E-state index is 13.0. The molecule has 0 atom stereocenters. The molecule has 0 aliphatic carbocycles. The molecule has 0 amide bonds. The number of hydrogen-bond donors (Lipinski definition) is 0. The number of nitrogens with zero attached hydrogens (tertiary/aromatic N) is 2. The topological polar surface area (TPSA) is 34.4 Å². The molecule has 0 N–H and O–H groups in total. The number of benzene rings is 1. The summed E-state index contributed by atoms with van der Waals surface area (Å²) in [6.45, 7) is 2.12. The van der Waals surface area contributed by atoms with Crippen LogP contribution in [0.4, 0.5) is 0 Å². The first-order chi connectivity index (χ1) is 11.7. The average Bonchev–Trinajstić information content (AvgIpc) is 3.13. The number of pyridine rings is 1. The van der Waals surface area contributed by atoms with Crippen molar-refractivity contribution in [3.63, 3.8) is 0 Å². The summed E-state index contributed by atoms with van der Waals surface area (Å²) in [7, 11) is 0. The van der Waals surface area contributed by atoms with E-state index < -0.39 is 0 Å². The summed E-state index contributed by atoms with van der Waals surface area (Å²) in [5, 5.41) is 0. The van der Waals surface area contributed by atoms with Crippen molar-refractivity contribution in [2.75, 3.05) is 5.75 Å². The van der Waals surface area contributed by atoms with Crippen LogP contribution in [0.25, 0.3) is 16.7 Å². The molecule has 6 heteroatoms. The van der Waals surface area contributed by atoms with Crippen molar-refractivity contribution in [3.8, 4) is 0 Å². The Labute approximate surface area is 155 Å². The Hall–Kier alpha value is -1.63. The van der Waals surface area contributed by atoms with Crippen LogP contribution in [0.1, 0.15) is 22.2 Å². The highest BCUT2D eigenvalue weighted by Gasteiger charge is 2.23. The number of aromatic nitrogens is 2. The first-order valence-corrected chi connectivity index (χ1v) is 10.1. The monoisotopic (exact) mass is 416 g/mol. The van der Waals surface area contributed by atoms with Gasteiger partial charge in [-0.05, 0) is 42.2 Å². The largest absolute Gasteiger partial charge is 0.298 e. The van der Waals surface area contributed by atoms with E-state index in [1.165, 1.54) is 0 Å². The lowest BCUT2D eigenvalue weighted by atomic mass is 10.1. The summed E-state index contributed by atoms with van der Waals surface area (Å²) in [5.74, 6) is 0.991. The molecule has 0 radical (unpaired) electrons. The lowest BCUT2D eigenvalue weighted by molar-refractivity contribution is 0.104. The van der Waals surface area contributed by atoms with Crippen molar-refractivity contribution in [1.29, 1.82) is 0 Å². The third kappa shape index (κ3) is 2.59. The van der Waals surface area contributed by atoms with Crippen LogP contribution in [0.3, 0.4) is 0 Å². The van der Waals surface area contributed by atoms with Gasteiger partial charge in [0.1, 0.15) is 16.0 Å². The third-order valence-electron chi connectivity index (χ3n) is 3.72. The lowest BCUT2D eigenvalue weighted by Crippen LogP contribution is -1.98. The van der Waals surface area contributed by atoms with Gasteiger partial charge >= 0.3 is 0 Å². The normalized spacial score (nSPS) is 11.4. The summed E-state index contributed by atoms with van der Waals surface area (Å²) in [5.41, 5.74) is 3.41. The molecular weight excluding hydrogens is 404 g/mol. The molecule has 3 nitrogen and oxygen atoms in total. The molecular formula is C18H13BrN2OS2. The minimum absolute atomic E-state index is 0.0314. The predicted molar refractivity (Wildman–Crippen MR) is 105 cm³/mol. The van der Waals surface area contributed by atoms with E-state index in [1.807, 2.05) is 48.7 Å². The number of imidazole rings is 1. The Morgan fingerprint density at radius 3 is 2.79 bits per heavy atom. The highest BCUT2D eigenvalue weighted by molar-refractivity contribution is 9.10. The molecule has 120 valence electrons. The second-order valence-corrected chi connectivity index (χ2v) is 8.69. The molecule has 24 heavy (non-hydrogen) atoms. The molecule has 3 aromatic heterocycles. The third-order valence-corrected chi connectivity index (χ3v) is 6.56. The van der Waals surface area contributed by atoms with Gasteiger partial charge < -0.3 is 0 Å². The van der Waals surface area contributed by atoms with Gasteiger partial charge in [0.15, 0.2) is 0 Å². The second-order valence-electron chi connectivity index (χ2n) is 5.23. The van der Waals surface area contributed by atoms with Gasteiger partial charge in [-0.2, -0.15) is 0 Å². The van der Waals surface area contributed by atoms with Crippen LogP contribution in [0.15, 0.2) is 57.3 Å². The molecule has 0 aliphatic rings. The average molecular weight is 417 g/mol. The van der Waals surface area contributed by atoms with Crippen LogP contribution in [0.5, 0.6) is 0 Å². The minimum atomic E-state index is 0.0314. The number of thioether (sulfide) groups is 1. The number of halogens is 1. The van der Waals surface area contributed by atoms with Crippen molar-refractivity contribution >= 4 is 61.5 Å². The Balaban J connectivity index is 1.94. The zero-order chi connectivity index (χ0) is 16.7. The molecule has 1 aromatic carbocycles. The van der Waals surface area contributed by atoms with Crippen molar-refractivity contribution in [2.24, 2.45) is 0 Å². The van der Waals surface area contributed by atoms with Gasteiger partial charge in [0.05, 0.1) is 9.73 Å². The zero-order valence-corrected chi connectivity index (χ0v) is 16.0. The van der Waals surface area contributed by atoms with Gasteiger partial charge in [-0.15, -0.1) is 23.1 Å². The van der Waals surface area contributed by atoms with Crippen LogP contribution in [-0.2, 0) is 0 Å². The van der Waals surface area contributed by atoms with E-state index in [9.17, 15) is 4.79 Å². The van der Waals surface area contributed by atoms with Crippen molar-refractivity contribution in [3.05, 3.63) is 63.6 Å². The molecule has 0 unspecified atom stereocenters. The van der Waals surface area contributed by atoms with E-state index in [1.54, 1.807) is 23.1 Å². The number of hydrogen-bond acceptors (Lipinski definition) is 4. The smallest absolute Gasteiger partial charge is 0.205 e. The molecule has 0 fully saturated rings. The number of rotatable bonds is 4. The van der Waals surface area contributed by atoms with Crippen LogP contribution in [0.2, 0.25) is 0 Å². The summed E-state index contributed by atoms with van der Waals surface area (Å²) in [6.07, 6.45) is 2.00. The standard InChI is InChI=1S/C18H13BrN2OS2/c1-2-23-18-15-14(20-13-5-3-4-10-21(13)15)17(24-18)16(22)11-6-8-12(19)9-7-11/h3-10H,2H2,1H3. The Morgan fingerprint density at radius 2 is 2.04 bits per heavy atom. The summed E-state index contributed by atoms with van der Waals surface area (Å²) >= 11 is 6.71. The summed E-state index contributed by atoms with van der Waals surface area (Å²) in [4.78, 5) is 18.4. The van der Waals surface area contributed by atoms with Gasteiger partial charge in [-0.3, -0.25) is 9.20 Å². The minimum Gasteiger partial charge on any atom is -0.298 e. The summed E-state index contributed by atoms with van der Waals surface area (Å²) < 4.78 is 4.18. The van der Waals surface area contributed by atoms with E-state index in [0.29, 0.717) is 10.4 Å². The van der Waals surface area contributed by atoms with Crippen molar-refractivity contribution in [2.45, 2.75) is 11.1 Å². The van der Waals surface area contributed by atoms with Crippen molar-refractivity contribution in [1.82, 2.24) is 9.38 Å². The van der Waals surface area contributed by atoms with Crippen LogP contribution in [0, 0.1) is 0 Å². The van der Waals surface area contributed by atoms with E-state index in [4.69, 9.17) is 4.98 Å². The van der Waals surface area contributed by atoms with Crippen LogP contribution >= 0.6 is 39.0 Å². The Bertz CT molecular complexity index is 1050. The molecule has 0 aliphatic heterocycles.